The van der Waals surface area contributed by atoms with Gasteiger partial charge in [0, 0.05) is 18.0 Å². The minimum atomic E-state index is -0.254. The van der Waals surface area contributed by atoms with E-state index in [9.17, 15) is 9.18 Å². The maximum Gasteiger partial charge on any atom is 0.233 e. The standard InChI is InChI=1S/C24H26FN3OS/c1-17-26-22-10-6-5-9-21(22)24(27-17)30-16-23(29)28(20-7-3-2-4-8-20)15-18-11-13-19(25)14-12-18/h5-6,9-14,20H,2-4,7-8,15-16H2,1H3. The summed E-state index contributed by atoms with van der Waals surface area (Å²) in [6.07, 6.45) is 5.61. The molecule has 6 heteroatoms. The number of thioether (sulfide) groups is 1. The number of rotatable bonds is 6. The first kappa shape index (κ1) is 20.8. The Kier molecular flexibility index (Phi) is 6.62. The van der Waals surface area contributed by atoms with Crippen LogP contribution in [0.15, 0.2) is 53.6 Å². The van der Waals surface area contributed by atoms with Gasteiger partial charge in [-0.2, -0.15) is 0 Å². The van der Waals surface area contributed by atoms with Crippen LogP contribution in [0.25, 0.3) is 10.9 Å². The molecule has 2 aromatic carbocycles. The van der Waals surface area contributed by atoms with E-state index in [0.717, 1.165) is 47.2 Å². The van der Waals surface area contributed by atoms with Gasteiger partial charge in [-0.15, -0.1) is 0 Å². The second kappa shape index (κ2) is 9.56. The Morgan fingerprint density at radius 2 is 1.80 bits per heavy atom. The van der Waals surface area contributed by atoms with Crippen LogP contribution in [0.3, 0.4) is 0 Å². The Labute approximate surface area is 180 Å². The molecule has 1 fully saturated rings. The molecule has 1 saturated carbocycles. The summed E-state index contributed by atoms with van der Waals surface area (Å²) in [5.74, 6) is 0.893. The molecule has 1 heterocycles. The molecule has 0 atom stereocenters. The Morgan fingerprint density at radius 3 is 2.57 bits per heavy atom. The maximum atomic E-state index is 13.3. The first-order chi connectivity index (χ1) is 14.6. The number of fused-ring (bicyclic) bond motifs is 1. The van der Waals surface area contributed by atoms with Crippen LogP contribution in [-0.4, -0.2) is 32.6 Å². The van der Waals surface area contributed by atoms with Crippen molar-refractivity contribution in [2.24, 2.45) is 0 Å². The minimum Gasteiger partial charge on any atom is -0.335 e. The summed E-state index contributed by atoms with van der Waals surface area (Å²) in [6.45, 7) is 2.40. The van der Waals surface area contributed by atoms with Crippen molar-refractivity contribution in [3.8, 4) is 0 Å². The zero-order valence-electron chi connectivity index (χ0n) is 17.2. The Bertz CT molecular complexity index is 1020. The molecule has 1 amide bonds. The third-order valence-electron chi connectivity index (χ3n) is 5.61. The molecule has 0 N–H and O–H groups in total. The first-order valence-corrected chi connectivity index (χ1v) is 11.5. The predicted molar refractivity (Wildman–Crippen MR) is 119 cm³/mol. The second-order valence-corrected chi connectivity index (χ2v) is 8.79. The van der Waals surface area contributed by atoms with E-state index in [1.165, 1.54) is 30.3 Å². The number of aryl methyl sites for hydroxylation is 1. The van der Waals surface area contributed by atoms with E-state index in [0.29, 0.717) is 18.1 Å². The van der Waals surface area contributed by atoms with Crippen LogP contribution in [0.2, 0.25) is 0 Å². The summed E-state index contributed by atoms with van der Waals surface area (Å²) in [5.41, 5.74) is 1.86. The second-order valence-electron chi connectivity index (χ2n) is 7.82. The summed E-state index contributed by atoms with van der Waals surface area (Å²) in [7, 11) is 0. The van der Waals surface area contributed by atoms with Gasteiger partial charge in [0.2, 0.25) is 5.91 Å². The topological polar surface area (TPSA) is 46.1 Å². The van der Waals surface area contributed by atoms with Crippen LogP contribution in [-0.2, 0) is 11.3 Å². The third kappa shape index (κ3) is 4.98. The third-order valence-corrected chi connectivity index (χ3v) is 6.59. The zero-order chi connectivity index (χ0) is 20.9. The fourth-order valence-electron chi connectivity index (χ4n) is 4.08. The van der Waals surface area contributed by atoms with Gasteiger partial charge in [-0.3, -0.25) is 4.79 Å². The quantitative estimate of drug-likeness (QED) is 0.386. The van der Waals surface area contributed by atoms with E-state index >= 15 is 0 Å². The molecule has 30 heavy (non-hydrogen) atoms. The van der Waals surface area contributed by atoms with E-state index in [2.05, 4.69) is 9.97 Å². The smallest absolute Gasteiger partial charge is 0.233 e. The van der Waals surface area contributed by atoms with Crippen molar-refractivity contribution < 1.29 is 9.18 Å². The van der Waals surface area contributed by atoms with Gasteiger partial charge in [-0.1, -0.05) is 61.4 Å². The van der Waals surface area contributed by atoms with Gasteiger partial charge in [0.25, 0.3) is 0 Å². The lowest BCUT2D eigenvalue weighted by atomic mass is 9.94. The Morgan fingerprint density at radius 1 is 1.07 bits per heavy atom. The summed E-state index contributed by atoms with van der Waals surface area (Å²) < 4.78 is 13.3. The SMILES string of the molecule is Cc1nc(SCC(=O)N(Cc2ccc(F)cc2)C2CCCCC2)c2ccccc2n1. The van der Waals surface area contributed by atoms with Crippen molar-refractivity contribution in [1.82, 2.24) is 14.9 Å². The molecule has 1 aromatic heterocycles. The van der Waals surface area contributed by atoms with Crippen LogP contribution in [0.5, 0.6) is 0 Å². The highest BCUT2D eigenvalue weighted by molar-refractivity contribution is 8.00. The summed E-state index contributed by atoms with van der Waals surface area (Å²) in [5, 5.41) is 1.82. The van der Waals surface area contributed by atoms with Gasteiger partial charge in [0.05, 0.1) is 11.3 Å². The highest BCUT2D eigenvalue weighted by Gasteiger charge is 2.26. The van der Waals surface area contributed by atoms with Crippen molar-refractivity contribution >= 4 is 28.6 Å². The molecule has 0 radical (unpaired) electrons. The lowest BCUT2D eigenvalue weighted by Crippen LogP contribution is -2.41. The molecular formula is C24H26FN3OS. The van der Waals surface area contributed by atoms with Gasteiger partial charge in [-0.05, 0) is 43.5 Å². The van der Waals surface area contributed by atoms with E-state index in [4.69, 9.17) is 0 Å². The number of halogens is 1. The molecule has 1 aliphatic rings. The summed E-state index contributed by atoms with van der Waals surface area (Å²) in [6, 6.07) is 14.6. The van der Waals surface area contributed by atoms with Crippen LogP contribution in [0.4, 0.5) is 4.39 Å². The fourth-order valence-corrected chi connectivity index (χ4v) is 5.03. The van der Waals surface area contributed by atoms with E-state index in [1.807, 2.05) is 36.1 Å². The highest BCUT2D eigenvalue weighted by Crippen LogP contribution is 2.28. The van der Waals surface area contributed by atoms with Crippen LogP contribution in [0, 0.1) is 12.7 Å². The number of nitrogens with zero attached hydrogens (tertiary/aromatic N) is 3. The molecule has 156 valence electrons. The molecule has 0 aliphatic heterocycles. The van der Waals surface area contributed by atoms with Gasteiger partial charge >= 0.3 is 0 Å². The van der Waals surface area contributed by atoms with Crippen molar-refractivity contribution in [1.29, 1.82) is 0 Å². The molecular weight excluding hydrogens is 397 g/mol. The van der Waals surface area contributed by atoms with Crippen molar-refractivity contribution in [3.63, 3.8) is 0 Å². The first-order valence-electron chi connectivity index (χ1n) is 10.5. The van der Waals surface area contributed by atoms with Gasteiger partial charge < -0.3 is 4.90 Å². The number of hydrogen-bond acceptors (Lipinski definition) is 4. The van der Waals surface area contributed by atoms with Crippen molar-refractivity contribution in [2.75, 3.05) is 5.75 Å². The number of carbonyl (C=O) groups excluding carboxylic acids is 1. The average molecular weight is 424 g/mol. The van der Waals surface area contributed by atoms with Gasteiger partial charge in [-0.25, -0.2) is 14.4 Å². The zero-order valence-corrected chi connectivity index (χ0v) is 18.0. The lowest BCUT2D eigenvalue weighted by molar-refractivity contribution is -0.132. The average Bonchev–Trinajstić information content (AvgIpc) is 2.77. The summed E-state index contributed by atoms with van der Waals surface area (Å²) >= 11 is 1.48. The molecule has 0 bridgehead atoms. The maximum absolute atomic E-state index is 13.3. The fraction of sp³-hybridized carbons (Fsp3) is 0.375. The number of para-hydroxylation sites is 1. The Hall–Kier alpha value is -2.47. The minimum absolute atomic E-state index is 0.108. The van der Waals surface area contributed by atoms with Crippen LogP contribution in [0.1, 0.15) is 43.5 Å². The Balaban J connectivity index is 1.52. The number of carbonyl (C=O) groups is 1. The number of aromatic nitrogens is 2. The monoisotopic (exact) mass is 423 g/mol. The molecule has 3 aromatic rings. The van der Waals surface area contributed by atoms with E-state index in [1.54, 1.807) is 12.1 Å². The number of amides is 1. The summed E-state index contributed by atoms with van der Waals surface area (Å²) in [4.78, 5) is 24.4. The van der Waals surface area contributed by atoms with Gasteiger partial charge in [0.15, 0.2) is 0 Å². The molecule has 0 spiro atoms. The van der Waals surface area contributed by atoms with Crippen molar-refractivity contribution in [2.45, 2.75) is 56.6 Å². The van der Waals surface area contributed by atoms with Crippen LogP contribution < -0.4 is 0 Å². The lowest BCUT2D eigenvalue weighted by Gasteiger charge is -2.34. The molecule has 0 unspecified atom stereocenters. The van der Waals surface area contributed by atoms with E-state index in [-0.39, 0.29) is 17.8 Å². The molecule has 4 nitrogen and oxygen atoms in total. The molecule has 1 aliphatic carbocycles. The predicted octanol–water partition coefficient (Wildman–Crippen LogP) is 5.53. The molecule has 4 rings (SSSR count). The van der Waals surface area contributed by atoms with E-state index < -0.39 is 0 Å². The largest absolute Gasteiger partial charge is 0.335 e. The van der Waals surface area contributed by atoms with Crippen molar-refractivity contribution in [3.05, 3.63) is 65.7 Å². The number of benzene rings is 2. The number of hydrogen-bond donors (Lipinski definition) is 0. The van der Waals surface area contributed by atoms with Crippen LogP contribution >= 0.6 is 11.8 Å². The van der Waals surface area contributed by atoms with Gasteiger partial charge in [0.1, 0.15) is 16.7 Å². The highest BCUT2D eigenvalue weighted by atomic mass is 32.2. The normalized spacial score (nSPS) is 14.7. The molecule has 0 saturated heterocycles.